The molecule has 2 atom stereocenters. The van der Waals surface area contributed by atoms with Gasteiger partial charge in [-0.3, -0.25) is 4.79 Å². The molecule has 0 spiro atoms. The predicted octanol–water partition coefficient (Wildman–Crippen LogP) is 2.23. The van der Waals surface area contributed by atoms with Crippen LogP contribution < -0.4 is 0 Å². The summed E-state index contributed by atoms with van der Waals surface area (Å²) in [6, 6.07) is 8.08. The molecule has 3 rings (SSSR count). The normalized spacial score (nSPS) is 26.6. The molecule has 0 bridgehead atoms. The van der Waals surface area contributed by atoms with Crippen molar-refractivity contribution in [2.24, 2.45) is 0 Å². The molecule has 0 radical (unpaired) electrons. The van der Waals surface area contributed by atoms with Crippen molar-refractivity contribution in [3.05, 3.63) is 35.4 Å². The lowest BCUT2D eigenvalue weighted by Gasteiger charge is -2.33. The monoisotopic (exact) mass is 313 g/mol. The van der Waals surface area contributed by atoms with E-state index in [2.05, 4.69) is 6.07 Å². The minimum atomic E-state index is -3.67. The number of carbonyl (C=O) groups is 1. The molecule has 1 aliphatic carbocycles. The van der Waals surface area contributed by atoms with Gasteiger partial charge in [0.15, 0.2) is 0 Å². The smallest absolute Gasteiger partial charge is 0.237 e. The number of nitrogens with zero attached hydrogens (tertiary/aromatic N) is 1. The second kappa shape index (κ2) is 5.04. The van der Waals surface area contributed by atoms with Crippen molar-refractivity contribution in [3.8, 4) is 0 Å². The van der Waals surface area contributed by atoms with E-state index in [-0.39, 0.29) is 24.9 Å². The molecule has 4 nitrogen and oxygen atoms in total. The molecule has 20 heavy (non-hydrogen) atoms. The first-order valence-corrected chi connectivity index (χ1v) is 9.15. The SMILES string of the molecule is O=C1CC(S(=O)(=O)Cl)CN1[C@H]1CCCc2ccccc21. The van der Waals surface area contributed by atoms with Crippen molar-refractivity contribution in [3.63, 3.8) is 0 Å². The molecule has 0 N–H and O–H groups in total. The molecule has 0 aromatic heterocycles. The Labute approximate surface area is 123 Å². The highest BCUT2D eigenvalue weighted by Gasteiger charge is 2.41. The number of carbonyl (C=O) groups excluding carboxylic acids is 1. The highest BCUT2D eigenvalue weighted by Crippen LogP contribution is 2.37. The average Bonchev–Trinajstić information content (AvgIpc) is 2.80. The number of hydrogen-bond donors (Lipinski definition) is 0. The fourth-order valence-electron chi connectivity index (χ4n) is 3.24. The largest absolute Gasteiger partial charge is 0.334 e. The van der Waals surface area contributed by atoms with E-state index in [1.807, 2.05) is 18.2 Å². The van der Waals surface area contributed by atoms with E-state index in [1.54, 1.807) is 4.90 Å². The highest BCUT2D eigenvalue weighted by molar-refractivity contribution is 8.14. The zero-order chi connectivity index (χ0) is 14.3. The Hall–Kier alpha value is -1.07. The summed E-state index contributed by atoms with van der Waals surface area (Å²) < 4.78 is 22.9. The molecule has 1 saturated heterocycles. The number of benzene rings is 1. The minimum absolute atomic E-state index is 0.00383. The lowest BCUT2D eigenvalue weighted by atomic mass is 9.87. The van der Waals surface area contributed by atoms with Crippen molar-refractivity contribution >= 4 is 25.6 Å². The van der Waals surface area contributed by atoms with Gasteiger partial charge in [-0.1, -0.05) is 24.3 Å². The van der Waals surface area contributed by atoms with E-state index >= 15 is 0 Å². The van der Waals surface area contributed by atoms with Crippen LogP contribution in [0.1, 0.15) is 36.4 Å². The Morgan fingerprint density at radius 3 is 2.70 bits per heavy atom. The Morgan fingerprint density at radius 1 is 1.25 bits per heavy atom. The van der Waals surface area contributed by atoms with E-state index in [9.17, 15) is 13.2 Å². The summed E-state index contributed by atoms with van der Waals surface area (Å²) in [7, 11) is 1.73. The van der Waals surface area contributed by atoms with Crippen LogP contribution in [0, 0.1) is 0 Å². The summed E-state index contributed by atoms with van der Waals surface area (Å²) in [5, 5.41) is -0.772. The molecule has 2 aliphatic rings. The van der Waals surface area contributed by atoms with Crippen LogP contribution in [-0.2, 0) is 20.3 Å². The van der Waals surface area contributed by atoms with Crippen LogP contribution in [0.25, 0.3) is 0 Å². The van der Waals surface area contributed by atoms with Gasteiger partial charge in [0.05, 0.1) is 6.04 Å². The molecular weight excluding hydrogens is 298 g/mol. The van der Waals surface area contributed by atoms with Gasteiger partial charge >= 0.3 is 0 Å². The third-order valence-corrected chi connectivity index (χ3v) is 6.10. The van der Waals surface area contributed by atoms with Crippen molar-refractivity contribution in [1.82, 2.24) is 4.90 Å². The maximum Gasteiger partial charge on any atom is 0.237 e. The van der Waals surface area contributed by atoms with Crippen LogP contribution in [0.2, 0.25) is 0 Å². The summed E-state index contributed by atoms with van der Waals surface area (Å²) in [5.41, 5.74) is 2.41. The Kier molecular flexibility index (Phi) is 3.50. The first-order chi connectivity index (χ1) is 9.47. The van der Waals surface area contributed by atoms with E-state index < -0.39 is 14.3 Å². The zero-order valence-electron chi connectivity index (χ0n) is 11.0. The van der Waals surface area contributed by atoms with Gasteiger partial charge in [-0.05, 0) is 30.4 Å². The summed E-state index contributed by atoms with van der Waals surface area (Å²) in [6.07, 6.45) is 2.93. The number of hydrogen-bond acceptors (Lipinski definition) is 3. The quantitative estimate of drug-likeness (QED) is 0.787. The van der Waals surface area contributed by atoms with Gasteiger partial charge in [-0.2, -0.15) is 0 Å². The lowest BCUT2D eigenvalue weighted by Crippen LogP contribution is -2.33. The van der Waals surface area contributed by atoms with Gasteiger partial charge in [0.1, 0.15) is 5.25 Å². The topological polar surface area (TPSA) is 54.5 Å². The molecule has 1 heterocycles. The number of halogens is 1. The molecule has 1 amide bonds. The van der Waals surface area contributed by atoms with Crippen molar-refractivity contribution in [2.75, 3.05) is 6.54 Å². The first kappa shape index (κ1) is 13.9. The van der Waals surface area contributed by atoms with Gasteiger partial charge in [-0.15, -0.1) is 0 Å². The van der Waals surface area contributed by atoms with Crippen LogP contribution in [0.5, 0.6) is 0 Å². The molecule has 6 heteroatoms. The second-order valence-electron chi connectivity index (χ2n) is 5.45. The van der Waals surface area contributed by atoms with E-state index in [4.69, 9.17) is 10.7 Å². The Bertz CT molecular complexity index is 644. The lowest BCUT2D eigenvalue weighted by molar-refractivity contribution is -0.130. The van der Waals surface area contributed by atoms with Crippen molar-refractivity contribution in [1.29, 1.82) is 0 Å². The number of likely N-dealkylation sites (tertiary alicyclic amines) is 1. The Morgan fingerprint density at radius 2 is 2.00 bits per heavy atom. The van der Waals surface area contributed by atoms with E-state index in [0.717, 1.165) is 24.8 Å². The predicted molar refractivity (Wildman–Crippen MR) is 77.0 cm³/mol. The summed E-state index contributed by atoms with van der Waals surface area (Å²) in [5.74, 6) is -0.110. The maximum atomic E-state index is 12.1. The van der Waals surface area contributed by atoms with Gasteiger partial charge in [0.25, 0.3) is 0 Å². The fraction of sp³-hybridized carbons (Fsp3) is 0.500. The third-order valence-electron chi connectivity index (χ3n) is 4.24. The zero-order valence-corrected chi connectivity index (χ0v) is 12.5. The van der Waals surface area contributed by atoms with E-state index in [0.29, 0.717) is 0 Å². The summed E-state index contributed by atoms with van der Waals surface area (Å²) in [6.45, 7) is 0.212. The summed E-state index contributed by atoms with van der Waals surface area (Å²) in [4.78, 5) is 13.8. The number of aryl methyl sites for hydroxylation is 1. The number of rotatable bonds is 2. The van der Waals surface area contributed by atoms with Crippen LogP contribution in [0.4, 0.5) is 0 Å². The molecule has 1 aliphatic heterocycles. The first-order valence-electron chi connectivity index (χ1n) is 6.77. The van der Waals surface area contributed by atoms with Crippen LogP contribution in [0.3, 0.4) is 0 Å². The minimum Gasteiger partial charge on any atom is -0.334 e. The van der Waals surface area contributed by atoms with Crippen molar-refractivity contribution in [2.45, 2.75) is 37.0 Å². The average molecular weight is 314 g/mol. The molecule has 1 aromatic rings. The number of fused-ring (bicyclic) bond motifs is 1. The number of amides is 1. The van der Waals surface area contributed by atoms with Gasteiger partial charge in [0, 0.05) is 23.6 Å². The highest BCUT2D eigenvalue weighted by atomic mass is 35.7. The fourth-order valence-corrected chi connectivity index (χ4v) is 4.28. The Balaban J connectivity index is 1.90. The van der Waals surface area contributed by atoms with Crippen LogP contribution in [0.15, 0.2) is 24.3 Å². The van der Waals surface area contributed by atoms with E-state index in [1.165, 1.54) is 5.56 Å². The molecule has 1 unspecified atom stereocenters. The third kappa shape index (κ3) is 2.44. The molecule has 1 fully saturated rings. The molecular formula is C14H16ClNO3S. The van der Waals surface area contributed by atoms with Gasteiger partial charge < -0.3 is 4.90 Å². The summed E-state index contributed by atoms with van der Waals surface area (Å²) >= 11 is 0. The van der Waals surface area contributed by atoms with Crippen LogP contribution >= 0.6 is 10.7 Å². The van der Waals surface area contributed by atoms with Crippen LogP contribution in [-0.4, -0.2) is 31.0 Å². The van der Waals surface area contributed by atoms with Gasteiger partial charge in [-0.25, -0.2) is 8.42 Å². The molecule has 0 saturated carbocycles. The van der Waals surface area contributed by atoms with Gasteiger partial charge in [0.2, 0.25) is 15.0 Å². The standard InChI is InChI=1S/C14H16ClNO3S/c15-20(18,19)11-8-14(17)16(9-11)13-7-3-5-10-4-1-2-6-12(10)13/h1-2,4,6,11,13H,3,5,7-9H2/t11?,13-/m0/s1. The maximum absolute atomic E-state index is 12.1. The molecule has 108 valence electrons. The second-order valence-corrected chi connectivity index (χ2v) is 8.36. The van der Waals surface area contributed by atoms with Crippen molar-refractivity contribution < 1.29 is 13.2 Å². The molecule has 1 aromatic carbocycles.